The number of nitrogens with zero attached hydrogens (tertiary/aromatic N) is 3. The Balaban J connectivity index is 2.55. The normalized spacial score (nSPS) is 17.1. The van der Waals surface area contributed by atoms with Crippen LogP contribution in [-0.2, 0) is 31.1 Å². The summed E-state index contributed by atoms with van der Waals surface area (Å²) in [7, 11) is 0. The second-order valence-electron chi connectivity index (χ2n) is 9.66. The van der Waals surface area contributed by atoms with Gasteiger partial charge in [-0.15, -0.1) is 0 Å². The van der Waals surface area contributed by atoms with Gasteiger partial charge in [-0.2, -0.15) is 4.98 Å². The number of carbonyl (C=O) groups is 4. The smallest absolute Gasteiger partial charge is 0.349 e. The van der Waals surface area contributed by atoms with Gasteiger partial charge in [-0.05, 0) is 57.9 Å². The molecule has 1 unspecified atom stereocenters. The molecule has 3 rings (SSSR count). The topological polar surface area (TPSA) is 230 Å². The highest BCUT2D eigenvalue weighted by Crippen LogP contribution is 2.41. The number of hydrogen-bond donors (Lipinski definition) is 5. The number of nitrogens with one attached hydrogen (secondary N) is 1. The molecule has 2 aliphatic heterocycles. The first kappa shape index (κ1) is 31.0. The second-order valence-corrected chi connectivity index (χ2v) is 10.2. The van der Waals surface area contributed by atoms with Gasteiger partial charge in [0.15, 0.2) is 57.6 Å². The van der Waals surface area contributed by atoms with Crippen molar-refractivity contribution in [3.05, 3.63) is 44.1 Å². The first-order chi connectivity index (χ1) is 18.4. The lowest BCUT2D eigenvalue weighted by atomic mass is 9.62. The van der Waals surface area contributed by atoms with Crippen molar-refractivity contribution in [3.8, 4) is 11.5 Å². The van der Waals surface area contributed by atoms with Crippen LogP contribution in [0, 0.1) is 6.92 Å². The summed E-state index contributed by atoms with van der Waals surface area (Å²) < 4.78 is 0.954. The number of aliphatic hydroxyl groups excluding tert-OH is 1. The second kappa shape index (κ2) is 10.5. The van der Waals surface area contributed by atoms with Crippen LogP contribution >= 0.6 is 15.9 Å². The SMILES string of the molecule is CC(=O)C(O)[C@](O)(C(C)=O)[C@](O)(C(C)=O)[C@@](O)(Cn1c2nc(=O)[nH]c(=O)c-2nc2cc(C)c(CBr)cc21)C(C)=O. The van der Waals surface area contributed by atoms with Crippen LogP contribution in [-0.4, -0.2) is 86.0 Å². The first-order valence-electron chi connectivity index (χ1n) is 11.8. The maximum Gasteiger partial charge on any atom is 0.349 e. The van der Waals surface area contributed by atoms with Gasteiger partial charge < -0.3 is 25.0 Å². The van der Waals surface area contributed by atoms with E-state index in [1.165, 1.54) is 6.07 Å². The Morgan fingerprint density at radius 1 is 1.00 bits per heavy atom. The third kappa shape index (κ3) is 4.43. The number of benzene rings is 1. The number of ketones is 4. The van der Waals surface area contributed by atoms with E-state index in [1.807, 2.05) is 4.98 Å². The van der Waals surface area contributed by atoms with E-state index in [0.29, 0.717) is 30.3 Å². The Morgan fingerprint density at radius 3 is 2.08 bits per heavy atom. The highest BCUT2D eigenvalue weighted by atomic mass is 79.9. The zero-order chi connectivity index (χ0) is 30.5. The lowest BCUT2D eigenvalue weighted by Crippen LogP contribution is -2.80. The van der Waals surface area contributed by atoms with Crippen LogP contribution < -0.4 is 11.2 Å². The number of Topliss-reactive ketones (excluding diaryl/α,β-unsaturated/α-hetero) is 4. The van der Waals surface area contributed by atoms with Gasteiger partial charge in [-0.25, -0.2) is 9.78 Å². The molecule has 5 N–H and O–H groups in total. The Hall–Kier alpha value is -3.50. The summed E-state index contributed by atoms with van der Waals surface area (Å²) in [6.07, 6.45) is -2.75. The van der Waals surface area contributed by atoms with Crippen LogP contribution in [0.15, 0.2) is 21.7 Å². The van der Waals surface area contributed by atoms with E-state index in [0.717, 1.165) is 18.4 Å². The van der Waals surface area contributed by atoms with Gasteiger partial charge >= 0.3 is 5.69 Å². The first-order valence-corrected chi connectivity index (χ1v) is 12.9. The third-order valence-corrected chi connectivity index (χ3v) is 7.76. The molecule has 0 aromatic heterocycles. The molecule has 14 nitrogen and oxygen atoms in total. The molecule has 0 aliphatic carbocycles. The van der Waals surface area contributed by atoms with Gasteiger partial charge in [0.25, 0.3) is 5.56 Å². The number of aliphatic hydroxyl groups is 4. The number of aromatic nitrogens is 4. The number of hydrogen-bond acceptors (Lipinski definition) is 12. The number of carbonyl (C=O) groups excluding carboxylic acids is 4. The molecule has 4 atom stereocenters. The van der Waals surface area contributed by atoms with Crippen molar-refractivity contribution in [3.63, 3.8) is 0 Å². The van der Waals surface area contributed by atoms with E-state index in [-0.39, 0.29) is 11.0 Å². The highest BCUT2D eigenvalue weighted by molar-refractivity contribution is 9.08. The minimum absolute atomic E-state index is 0.0640. The van der Waals surface area contributed by atoms with Crippen molar-refractivity contribution in [2.24, 2.45) is 0 Å². The molecule has 0 saturated heterocycles. The third-order valence-electron chi connectivity index (χ3n) is 7.16. The fraction of sp³-hybridized carbons (Fsp3) is 0.440. The van der Waals surface area contributed by atoms with Crippen molar-refractivity contribution in [1.82, 2.24) is 19.5 Å². The standard InChI is InChI=1S/C25H27BrN4O10/c1-10-6-16-17(7-15(10)8-26)30(20-18(27-16)21(36)29-22(37)28-20)9-23(38,12(3)32)25(40,14(5)34)24(39,13(4)33)19(35)11(2)31/h6-7,19,35,38-40H,8-9H2,1-5H3,(H,29,36,37)/t19?,23-,24-,25+/m1/s1. The van der Waals surface area contributed by atoms with E-state index in [1.54, 1.807) is 13.0 Å². The van der Waals surface area contributed by atoms with Crippen LogP contribution in [0.25, 0.3) is 22.6 Å². The van der Waals surface area contributed by atoms with E-state index < -0.39 is 75.4 Å². The average molecular weight is 623 g/mol. The molecule has 1 aromatic carbocycles. The summed E-state index contributed by atoms with van der Waals surface area (Å²) in [6, 6.07) is 3.08. The number of halogens is 1. The molecule has 0 fully saturated rings. The molecular weight excluding hydrogens is 596 g/mol. The molecular formula is C25H27BrN4O10. The number of aromatic amines is 1. The van der Waals surface area contributed by atoms with Crippen LogP contribution in [0.1, 0.15) is 38.8 Å². The largest absolute Gasteiger partial charge is 0.382 e. The predicted molar refractivity (Wildman–Crippen MR) is 142 cm³/mol. The molecule has 0 amide bonds. The van der Waals surface area contributed by atoms with Crippen molar-refractivity contribution >= 4 is 50.1 Å². The summed E-state index contributed by atoms with van der Waals surface area (Å²) in [5.74, 6) is -6.20. The summed E-state index contributed by atoms with van der Waals surface area (Å²) in [4.78, 5) is 85.7. The molecule has 214 valence electrons. The Bertz CT molecular complexity index is 1670. The van der Waals surface area contributed by atoms with Crippen molar-refractivity contribution in [1.29, 1.82) is 0 Å². The number of alkyl halides is 1. The number of fused-ring (bicyclic) bond motifs is 2. The number of rotatable bonds is 10. The van der Waals surface area contributed by atoms with E-state index >= 15 is 0 Å². The van der Waals surface area contributed by atoms with Gasteiger partial charge in [0.1, 0.15) is 0 Å². The van der Waals surface area contributed by atoms with Crippen LogP contribution in [0.4, 0.5) is 0 Å². The summed E-state index contributed by atoms with van der Waals surface area (Å²) >= 11 is 3.33. The fourth-order valence-electron chi connectivity index (χ4n) is 4.82. The summed E-state index contributed by atoms with van der Waals surface area (Å²) in [5, 5.41) is 45.9. The molecule has 15 heteroatoms. The van der Waals surface area contributed by atoms with Gasteiger partial charge in [0.2, 0.25) is 0 Å². The minimum Gasteiger partial charge on any atom is -0.382 e. The van der Waals surface area contributed by atoms with E-state index in [2.05, 4.69) is 25.9 Å². The zero-order valence-corrected chi connectivity index (χ0v) is 23.7. The number of aryl methyl sites for hydroxylation is 1. The fourth-order valence-corrected chi connectivity index (χ4v) is 5.42. The van der Waals surface area contributed by atoms with Gasteiger partial charge in [0, 0.05) is 5.33 Å². The average Bonchev–Trinajstić information content (AvgIpc) is 2.86. The lowest BCUT2D eigenvalue weighted by molar-refractivity contribution is -0.247. The molecule has 0 radical (unpaired) electrons. The van der Waals surface area contributed by atoms with Gasteiger partial charge in [0.05, 0.1) is 17.6 Å². The highest BCUT2D eigenvalue weighted by Gasteiger charge is 2.72. The Morgan fingerprint density at radius 2 is 1.60 bits per heavy atom. The Labute approximate surface area is 234 Å². The maximum atomic E-state index is 13.1. The lowest BCUT2D eigenvalue weighted by Gasteiger charge is -2.49. The molecule has 0 saturated carbocycles. The van der Waals surface area contributed by atoms with Crippen LogP contribution in [0.5, 0.6) is 0 Å². The van der Waals surface area contributed by atoms with E-state index in [9.17, 15) is 49.2 Å². The predicted octanol–water partition coefficient (Wildman–Crippen LogP) is -1.30. The molecule has 1 aromatic rings. The minimum atomic E-state index is -3.83. The zero-order valence-electron chi connectivity index (χ0n) is 22.1. The summed E-state index contributed by atoms with van der Waals surface area (Å²) in [6.45, 7) is 3.30. The van der Waals surface area contributed by atoms with E-state index in [4.69, 9.17) is 0 Å². The summed E-state index contributed by atoms with van der Waals surface area (Å²) in [5.41, 5.74) is -12.0. The van der Waals surface area contributed by atoms with Crippen LogP contribution in [0.3, 0.4) is 0 Å². The molecule has 0 spiro atoms. The van der Waals surface area contributed by atoms with Crippen LogP contribution in [0.2, 0.25) is 0 Å². The van der Waals surface area contributed by atoms with Gasteiger partial charge in [-0.3, -0.25) is 29.0 Å². The molecule has 40 heavy (non-hydrogen) atoms. The monoisotopic (exact) mass is 622 g/mol. The van der Waals surface area contributed by atoms with Crippen molar-refractivity contribution < 1.29 is 39.6 Å². The molecule has 2 aliphatic rings. The van der Waals surface area contributed by atoms with Crippen molar-refractivity contribution in [2.45, 2.75) is 69.4 Å². The maximum absolute atomic E-state index is 13.1. The number of H-pyrrole nitrogens is 1. The Kier molecular flexibility index (Phi) is 8.13. The molecule has 0 bridgehead atoms. The quantitative estimate of drug-likeness (QED) is 0.131. The van der Waals surface area contributed by atoms with Gasteiger partial charge in [-0.1, -0.05) is 15.9 Å². The molecule has 2 heterocycles. The van der Waals surface area contributed by atoms with Crippen molar-refractivity contribution in [2.75, 3.05) is 0 Å².